The second-order valence-corrected chi connectivity index (χ2v) is 11.1. The predicted octanol–water partition coefficient (Wildman–Crippen LogP) is 4.07. The molecule has 0 bridgehead atoms. The molecule has 38 heavy (non-hydrogen) atoms. The molecular weight excluding hydrogens is 476 g/mol. The molecule has 7 nitrogen and oxygen atoms in total. The van der Waals surface area contributed by atoms with Crippen LogP contribution in [-0.4, -0.2) is 27.4 Å². The minimum absolute atomic E-state index is 0.173. The molecule has 1 N–H and O–H groups in total. The maximum atomic E-state index is 14.5. The van der Waals surface area contributed by atoms with Gasteiger partial charge in [-0.15, -0.1) is 0 Å². The molecule has 190 valence electrons. The van der Waals surface area contributed by atoms with Crippen molar-refractivity contribution in [2.75, 3.05) is 4.90 Å². The zero-order valence-corrected chi connectivity index (χ0v) is 21.5. The lowest BCUT2D eigenvalue weighted by atomic mass is 9.75. The van der Waals surface area contributed by atoms with Gasteiger partial charge in [0, 0.05) is 11.6 Å². The number of rotatable bonds is 3. The number of nitrogens with one attached hydrogen (secondary N) is 1. The number of para-hydroxylation sites is 3. The molecule has 3 aliphatic rings. The van der Waals surface area contributed by atoms with Gasteiger partial charge in [-0.05, 0) is 49.1 Å². The van der Waals surface area contributed by atoms with E-state index in [1.165, 1.54) is 4.90 Å². The van der Waals surface area contributed by atoms with E-state index in [-0.39, 0.29) is 23.4 Å². The van der Waals surface area contributed by atoms with E-state index in [1.807, 2.05) is 73.7 Å². The first-order valence-corrected chi connectivity index (χ1v) is 13.2. The molecule has 4 atom stereocenters. The molecule has 2 fully saturated rings. The maximum absolute atomic E-state index is 14.5. The Morgan fingerprint density at radius 1 is 0.895 bits per heavy atom. The highest BCUT2D eigenvalue weighted by Crippen LogP contribution is 2.56. The number of benzene rings is 3. The summed E-state index contributed by atoms with van der Waals surface area (Å²) in [5, 5.41) is 4.28. The van der Waals surface area contributed by atoms with E-state index < -0.39 is 17.4 Å². The van der Waals surface area contributed by atoms with Crippen LogP contribution in [0.4, 0.5) is 5.69 Å². The molecular formula is C31H28N4O3. The number of nitrogens with zero attached hydrogens (tertiary/aromatic N) is 3. The molecule has 4 aromatic rings. The van der Waals surface area contributed by atoms with Crippen molar-refractivity contribution < 1.29 is 9.59 Å². The smallest absolute Gasteiger partial charge is 0.266 e. The quantitative estimate of drug-likeness (QED) is 0.425. The summed E-state index contributed by atoms with van der Waals surface area (Å²) in [6.45, 7) is 6.15. The number of carbonyl (C=O) groups is 2. The van der Waals surface area contributed by atoms with Crippen LogP contribution in [0.3, 0.4) is 0 Å². The zero-order valence-electron chi connectivity index (χ0n) is 21.5. The summed E-state index contributed by atoms with van der Waals surface area (Å²) >= 11 is 0. The van der Waals surface area contributed by atoms with Crippen molar-refractivity contribution in [2.45, 2.75) is 38.8 Å². The van der Waals surface area contributed by atoms with Gasteiger partial charge in [0.2, 0.25) is 11.8 Å². The van der Waals surface area contributed by atoms with Gasteiger partial charge in [0.25, 0.3) is 5.56 Å². The van der Waals surface area contributed by atoms with Crippen molar-refractivity contribution in [3.05, 3.63) is 100 Å². The average molecular weight is 505 g/mol. The number of anilines is 1. The lowest BCUT2D eigenvalue weighted by Crippen LogP contribution is -2.50. The van der Waals surface area contributed by atoms with E-state index in [1.54, 1.807) is 10.6 Å². The van der Waals surface area contributed by atoms with Crippen LogP contribution in [0.2, 0.25) is 0 Å². The van der Waals surface area contributed by atoms with Gasteiger partial charge in [0.15, 0.2) is 0 Å². The van der Waals surface area contributed by atoms with Crippen molar-refractivity contribution >= 4 is 28.4 Å². The van der Waals surface area contributed by atoms with Gasteiger partial charge >= 0.3 is 0 Å². The summed E-state index contributed by atoms with van der Waals surface area (Å²) in [7, 11) is 0. The van der Waals surface area contributed by atoms with Crippen molar-refractivity contribution in [1.29, 1.82) is 0 Å². The molecule has 2 saturated heterocycles. The lowest BCUT2D eigenvalue weighted by Gasteiger charge is -2.32. The highest BCUT2D eigenvalue weighted by Gasteiger charge is 2.69. The molecule has 3 aliphatic heterocycles. The Hall–Kier alpha value is -4.10. The fourth-order valence-electron chi connectivity index (χ4n) is 6.98. The number of aromatic nitrogens is 2. The Morgan fingerprint density at radius 3 is 2.34 bits per heavy atom. The van der Waals surface area contributed by atoms with Crippen molar-refractivity contribution in [3.63, 3.8) is 0 Å². The van der Waals surface area contributed by atoms with E-state index in [0.29, 0.717) is 40.4 Å². The van der Waals surface area contributed by atoms with E-state index in [9.17, 15) is 14.4 Å². The van der Waals surface area contributed by atoms with Crippen LogP contribution in [-0.2, 0) is 15.1 Å². The largest absolute Gasteiger partial charge is 0.297 e. The van der Waals surface area contributed by atoms with Gasteiger partial charge < -0.3 is 0 Å². The number of imide groups is 1. The maximum Gasteiger partial charge on any atom is 0.266 e. The Morgan fingerprint density at radius 2 is 1.58 bits per heavy atom. The van der Waals surface area contributed by atoms with Crippen LogP contribution in [0, 0.1) is 24.7 Å². The molecule has 2 unspecified atom stereocenters. The third-order valence-electron chi connectivity index (χ3n) is 8.44. The molecule has 3 aromatic carbocycles. The first-order valence-electron chi connectivity index (χ1n) is 13.2. The van der Waals surface area contributed by atoms with Gasteiger partial charge in [-0.2, -0.15) is 0 Å². The van der Waals surface area contributed by atoms with E-state index >= 15 is 0 Å². The van der Waals surface area contributed by atoms with Crippen LogP contribution < -0.4 is 15.8 Å². The van der Waals surface area contributed by atoms with Gasteiger partial charge in [-0.1, -0.05) is 62.4 Å². The molecule has 4 heterocycles. The summed E-state index contributed by atoms with van der Waals surface area (Å²) in [6.07, 6.45) is 0.712. The Labute approximate surface area is 220 Å². The molecule has 7 rings (SSSR count). The lowest BCUT2D eigenvalue weighted by molar-refractivity contribution is -0.123. The van der Waals surface area contributed by atoms with Crippen LogP contribution in [0.15, 0.2) is 77.6 Å². The number of hydrogen-bond acceptors (Lipinski definition) is 5. The minimum Gasteiger partial charge on any atom is -0.297 e. The predicted molar refractivity (Wildman–Crippen MR) is 145 cm³/mol. The number of fused-ring (bicyclic) bond motifs is 8. The summed E-state index contributed by atoms with van der Waals surface area (Å²) in [5.41, 5.74) is 2.30. The third kappa shape index (κ3) is 2.82. The van der Waals surface area contributed by atoms with Crippen LogP contribution in [0.1, 0.15) is 37.2 Å². The monoisotopic (exact) mass is 504 g/mol. The SMILES string of the molecule is Cc1ccccc1N1C(=O)[C@H]2C(CC(C)C)NC3(c4ccccc4-n4c3nc3ccccc3c4=O)[C@H]2C1=O. The topological polar surface area (TPSA) is 84.3 Å². The van der Waals surface area contributed by atoms with Gasteiger partial charge in [-0.3, -0.25) is 24.3 Å². The Balaban J connectivity index is 1.53. The summed E-state index contributed by atoms with van der Waals surface area (Å²) in [4.78, 5) is 48.9. The molecule has 7 heteroatoms. The number of hydrogen-bond donors (Lipinski definition) is 1. The summed E-state index contributed by atoms with van der Waals surface area (Å²) in [5.74, 6) is -0.977. The van der Waals surface area contributed by atoms with Crippen molar-refractivity contribution in [3.8, 4) is 5.69 Å². The fraction of sp³-hybridized carbons (Fsp3) is 0.290. The van der Waals surface area contributed by atoms with Gasteiger partial charge in [-0.25, -0.2) is 9.88 Å². The van der Waals surface area contributed by atoms with Gasteiger partial charge in [0.05, 0.1) is 34.1 Å². The van der Waals surface area contributed by atoms with E-state index in [4.69, 9.17) is 4.98 Å². The van der Waals surface area contributed by atoms with Gasteiger partial charge in [0.1, 0.15) is 11.4 Å². The Bertz CT molecular complexity index is 1720. The summed E-state index contributed by atoms with van der Waals surface area (Å²) < 4.78 is 1.65. The van der Waals surface area contributed by atoms with Crippen LogP contribution in [0.5, 0.6) is 0 Å². The van der Waals surface area contributed by atoms with Crippen LogP contribution in [0.25, 0.3) is 16.6 Å². The van der Waals surface area contributed by atoms with Crippen molar-refractivity contribution in [1.82, 2.24) is 14.9 Å². The molecule has 0 saturated carbocycles. The zero-order chi connectivity index (χ0) is 26.3. The van der Waals surface area contributed by atoms with Crippen molar-refractivity contribution in [2.24, 2.45) is 17.8 Å². The number of aryl methyl sites for hydroxylation is 1. The molecule has 1 aromatic heterocycles. The standard InChI is InChI=1S/C31H28N4O3/c1-17(2)16-22-25-26(29(38)34(28(25)37)23-14-8-4-10-18(23)3)31(33-22)20-12-6-9-15-24(20)35-27(36)19-11-5-7-13-21(19)32-30(31)35/h4-15,17,22,25-26,33H,16H2,1-3H3/t22?,25-,26+,31?/m0/s1. The number of amides is 2. The minimum atomic E-state index is -1.10. The third-order valence-corrected chi connectivity index (χ3v) is 8.44. The first-order chi connectivity index (χ1) is 18.3. The molecule has 0 radical (unpaired) electrons. The highest BCUT2D eigenvalue weighted by atomic mass is 16.2. The number of carbonyl (C=O) groups excluding carboxylic acids is 2. The average Bonchev–Trinajstić information content (AvgIpc) is 3.48. The normalized spacial score (nSPS) is 25.5. The second-order valence-electron chi connectivity index (χ2n) is 11.1. The molecule has 0 aliphatic carbocycles. The highest BCUT2D eigenvalue weighted by molar-refractivity contribution is 6.23. The second kappa shape index (κ2) is 7.95. The van der Waals surface area contributed by atoms with E-state index in [2.05, 4.69) is 19.2 Å². The molecule has 1 spiro atoms. The fourth-order valence-corrected chi connectivity index (χ4v) is 6.98. The summed E-state index contributed by atoms with van der Waals surface area (Å²) in [6, 6.07) is 22.2. The molecule has 2 amide bonds. The first kappa shape index (κ1) is 23.0. The van der Waals surface area contributed by atoms with E-state index in [0.717, 1.165) is 11.1 Å². The van der Waals surface area contributed by atoms with Crippen LogP contribution >= 0.6 is 0 Å². The Kier molecular flexibility index (Phi) is 4.82.